The van der Waals surface area contributed by atoms with Crippen LogP contribution in [-0.4, -0.2) is 11.1 Å². The molecule has 0 heterocycles. The maximum atomic E-state index is 10.8. The Bertz CT molecular complexity index is 763. The third-order valence-electron chi connectivity index (χ3n) is 3.41. The third kappa shape index (κ3) is 3.15. The van der Waals surface area contributed by atoms with Crippen molar-refractivity contribution in [3.8, 4) is 11.1 Å². The van der Waals surface area contributed by atoms with E-state index in [0.29, 0.717) is 0 Å². The number of anilines is 2. The molecule has 0 aromatic heterocycles. The molecule has 0 saturated heterocycles. The van der Waals surface area contributed by atoms with E-state index in [1.54, 1.807) is 24.3 Å². The number of carboxylic acids is 1. The van der Waals surface area contributed by atoms with E-state index in [2.05, 4.69) is 29.6 Å². The Morgan fingerprint density at radius 2 is 1.18 bits per heavy atom. The molecule has 0 amide bonds. The molecule has 0 saturated carbocycles. The molecule has 0 unspecified atom stereocenters. The van der Waals surface area contributed by atoms with E-state index in [4.69, 9.17) is 5.11 Å². The first kappa shape index (κ1) is 13.9. The number of nitrogens with one attached hydrogen (secondary N) is 1. The molecule has 0 fully saturated rings. The summed E-state index contributed by atoms with van der Waals surface area (Å²) in [6.45, 7) is 0. The number of carbonyl (C=O) groups is 1. The largest absolute Gasteiger partial charge is 0.478 e. The summed E-state index contributed by atoms with van der Waals surface area (Å²) in [6, 6.07) is 25.0. The van der Waals surface area contributed by atoms with Crippen LogP contribution < -0.4 is 5.32 Å². The van der Waals surface area contributed by atoms with Crippen LogP contribution in [0, 0.1) is 0 Å². The van der Waals surface area contributed by atoms with Crippen molar-refractivity contribution in [3.63, 3.8) is 0 Å². The van der Waals surface area contributed by atoms with Crippen molar-refractivity contribution in [2.75, 3.05) is 5.32 Å². The fourth-order valence-corrected chi connectivity index (χ4v) is 2.24. The molecule has 3 nitrogen and oxygen atoms in total. The van der Waals surface area contributed by atoms with Gasteiger partial charge in [-0.15, -0.1) is 0 Å². The van der Waals surface area contributed by atoms with Crippen LogP contribution in [0.2, 0.25) is 0 Å². The second-order valence-electron chi connectivity index (χ2n) is 4.95. The molecule has 3 aromatic carbocycles. The van der Waals surface area contributed by atoms with Crippen LogP contribution in [0.3, 0.4) is 0 Å². The van der Waals surface area contributed by atoms with Crippen LogP contribution in [0.4, 0.5) is 11.4 Å². The maximum Gasteiger partial charge on any atom is 0.335 e. The van der Waals surface area contributed by atoms with Gasteiger partial charge in [0.15, 0.2) is 0 Å². The number of benzene rings is 3. The minimum Gasteiger partial charge on any atom is -0.478 e. The van der Waals surface area contributed by atoms with Crippen molar-refractivity contribution in [1.29, 1.82) is 0 Å². The van der Waals surface area contributed by atoms with Crippen molar-refractivity contribution in [1.82, 2.24) is 0 Å². The van der Waals surface area contributed by atoms with Gasteiger partial charge in [-0.3, -0.25) is 0 Å². The highest BCUT2D eigenvalue weighted by atomic mass is 16.4. The van der Waals surface area contributed by atoms with Gasteiger partial charge in [0.2, 0.25) is 0 Å². The molecule has 3 rings (SSSR count). The zero-order chi connectivity index (χ0) is 15.4. The van der Waals surface area contributed by atoms with Crippen molar-refractivity contribution in [2.24, 2.45) is 0 Å². The van der Waals surface area contributed by atoms with Crippen molar-refractivity contribution in [2.45, 2.75) is 0 Å². The van der Waals surface area contributed by atoms with E-state index < -0.39 is 5.97 Å². The van der Waals surface area contributed by atoms with Crippen molar-refractivity contribution < 1.29 is 9.90 Å². The minimum atomic E-state index is -0.918. The SMILES string of the molecule is O=C(O)c1ccc(Nc2ccc(-c3ccccc3)cc2)cc1. The minimum absolute atomic E-state index is 0.282. The topological polar surface area (TPSA) is 49.3 Å². The Balaban J connectivity index is 1.75. The first-order chi connectivity index (χ1) is 10.7. The van der Waals surface area contributed by atoms with E-state index in [1.165, 1.54) is 5.56 Å². The molecule has 0 atom stereocenters. The first-order valence-corrected chi connectivity index (χ1v) is 6.98. The Kier molecular flexibility index (Phi) is 3.88. The molecule has 2 N–H and O–H groups in total. The van der Waals surface area contributed by atoms with E-state index >= 15 is 0 Å². The summed E-state index contributed by atoms with van der Waals surface area (Å²) in [7, 11) is 0. The average molecular weight is 289 g/mol. The summed E-state index contributed by atoms with van der Waals surface area (Å²) in [6.07, 6.45) is 0. The number of carboxylic acid groups (broad SMARTS) is 1. The molecule has 22 heavy (non-hydrogen) atoms. The van der Waals surface area contributed by atoms with Crippen molar-refractivity contribution in [3.05, 3.63) is 84.4 Å². The maximum absolute atomic E-state index is 10.8. The smallest absolute Gasteiger partial charge is 0.335 e. The highest BCUT2D eigenvalue weighted by Crippen LogP contribution is 2.23. The van der Waals surface area contributed by atoms with E-state index in [-0.39, 0.29) is 5.56 Å². The second-order valence-corrected chi connectivity index (χ2v) is 4.95. The zero-order valence-corrected chi connectivity index (χ0v) is 11.9. The molecule has 0 spiro atoms. The van der Waals surface area contributed by atoms with E-state index in [0.717, 1.165) is 16.9 Å². The first-order valence-electron chi connectivity index (χ1n) is 6.98. The van der Waals surface area contributed by atoms with Gasteiger partial charge in [0.1, 0.15) is 0 Å². The second kappa shape index (κ2) is 6.14. The molecule has 3 aromatic rings. The molecule has 0 aliphatic rings. The van der Waals surface area contributed by atoms with Crippen LogP contribution >= 0.6 is 0 Å². The Labute approximate surface area is 128 Å². The van der Waals surface area contributed by atoms with Gasteiger partial charge < -0.3 is 10.4 Å². The molecule has 0 radical (unpaired) electrons. The molecule has 0 aliphatic carbocycles. The third-order valence-corrected chi connectivity index (χ3v) is 3.41. The highest BCUT2D eigenvalue weighted by Gasteiger charge is 2.02. The lowest BCUT2D eigenvalue weighted by Gasteiger charge is -2.08. The fraction of sp³-hybridized carbons (Fsp3) is 0. The highest BCUT2D eigenvalue weighted by molar-refractivity contribution is 5.88. The quantitative estimate of drug-likeness (QED) is 0.725. The normalized spacial score (nSPS) is 10.2. The molecule has 3 heteroatoms. The molecular weight excluding hydrogens is 274 g/mol. The number of hydrogen-bond acceptors (Lipinski definition) is 2. The van der Waals surface area contributed by atoms with E-state index in [9.17, 15) is 4.79 Å². The van der Waals surface area contributed by atoms with Crippen LogP contribution in [0.1, 0.15) is 10.4 Å². The zero-order valence-electron chi connectivity index (χ0n) is 11.9. The summed E-state index contributed by atoms with van der Waals surface area (Å²) in [5.41, 5.74) is 4.44. The predicted molar refractivity (Wildman–Crippen MR) is 88.6 cm³/mol. The van der Waals surface area contributed by atoms with Gasteiger partial charge >= 0.3 is 5.97 Å². The average Bonchev–Trinajstić information content (AvgIpc) is 2.57. The van der Waals surface area contributed by atoms with Gasteiger partial charge in [0.05, 0.1) is 5.56 Å². The van der Waals surface area contributed by atoms with Gasteiger partial charge in [-0.1, -0.05) is 42.5 Å². The van der Waals surface area contributed by atoms with E-state index in [1.807, 2.05) is 30.3 Å². The number of hydrogen-bond donors (Lipinski definition) is 2. The van der Waals surface area contributed by atoms with Gasteiger partial charge in [-0.05, 0) is 47.5 Å². The van der Waals surface area contributed by atoms with Crippen LogP contribution in [-0.2, 0) is 0 Å². The van der Waals surface area contributed by atoms with Gasteiger partial charge in [0, 0.05) is 11.4 Å². The Morgan fingerprint density at radius 3 is 1.73 bits per heavy atom. The van der Waals surface area contributed by atoms with Gasteiger partial charge in [-0.25, -0.2) is 4.79 Å². The lowest BCUT2D eigenvalue weighted by atomic mass is 10.1. The monoisotopic (exact) mass is 289 g/mol. The Hall–Kier alpha value is -3.07. The van der Waals surface area contributed by atoms with Gasteiger partial charge in [0.25, 0.3) is 0 Å². The molecular formula is C19H15NO2. The predicted octanol–water partition coefficient (Wildman–Crippen LogP) is 4.80. The summed E-state index contributed by atoms with van der Waals surface area (Å²) < 4.78 is 0. The summed E-state index contributed by atoms with van der Waals surface area (Å²) >= 11 is 0. The molecule has 0 aliphatic heterocycles. The lowest BCUT2D eigenvalue weighted by Crippen LogP contribution is -1.96. The van der Waals surface area contributed by atoms with Gasteiger partial charge in [-0.2, -0.15) is 0 Å². The number of aromatic carboxylic acids is 1. The van der Waals surface area contributed by atoms with Crippen LogP contribution in [0.25, 0.3) is 11.1 Å². The summed E-state index contributed by atoms with van der Waals surface area (Å²) in [5, 5.41) is 12.1. The molecule has 108 valence electrons. The summed E-state index contributed by atoms with van der Waals surface area (Å²) in [5.74, 6) is -0.918. The lowest BCUT2D eigenvalue weighted by molar-refractivity contribution is 0.0697. The Morgan fingerprint density at radius 1 is 0.682 bits per heavy atom. The van der Waals surface area contributed by atoms with Crippen LogP contribution in [0.15, 0.2) is 78.9 Å². The van der Waals surface area contributed by atoms with Crippen molar-refractivity contribution >= 4 is 17.3 Å². The summed E-state index contributed by atoms with van der Waals surface area (Å²) in [4.78, 5) is 10.8. The molecule has 0 bridgehead atoms. The number of rotatable bonds is 4. The standard InChI is InChI=1S/C19H15NO2/c21-19(22)16-8-12-18(13-9-16)20-17-10-6-15(7-11-17)14-4-2-1-3-5-14/h1-13,20H,(H,21,22). The van der Waals surface area contributed by atoms with Crippen LogP contribution in [0.5, 0.6) is 0 Å². The fourth-order valence-electron chi connectivity index (χ4n) is 2.24.